The van der Waals surface area contributed by atoms with Gasteiger partial charge in [0, 0.05) is 36.3 Å². The number of imidazole rings is 1. The summed E-state index contributed by atoms with van der Waals surface area (Å²) in [4.78, 5) is 21.2. The van der Waals surface area contributed by atoms with Gasteiger partial charge in [0.1, 0.15) is 17.7 Å². The molecule has 0 amide bonds. The molecule has 2 aromatic carbocycles. The summed E-state index contributed by atoms with van der Waals surface area (Å²) < 4.78 is 22.2. The van der Waals surface area contributed by atoms with E-state index in [0.29, 0.717) is 13.0 Å². The summed E-state index contributed by atoms with van der Waals surface area (Å²) in [7, 11) is 0. The van der Waals surface area contributed by atoms with Crippen LogP contribution < -0.4 is 4.74 Å². The van der Waals surface area contributed by atoms with Crippen LogP contribution in [0, 0.1) is 5.82 Å². The van der Waals surface area contributed by atoms with Gasteiger partial charge in [-0.05, 0) is 78.8 Å². The van der Waals surface area contributed by atoms with Crippen molar-refractivity contribution in [2.45, 2.75) is 44.8 Å². The predicted molar refractivity (Wildman–Crippen MR) is 127 cm³/mol. The van der Waals surface area contributed by atoms with E-state index in [1.165, 1.54) is 12.1 Å². The van der Waals surface area contributed by atoms with E-state index >= 15 is 0 Å². The van der Waals surface area contributed by atoms with Gasteiger partial charge in [-0.15, -0.1) is 0 Å². The van der Waals surface area contributed by atoms with Crippen molar-refractivity contribution in [2.24, 2.45) is 0 Å². The summed E-state index contributed by atoms with van der Waals surface area (Å²) in [5.74, 6) is 0.674. The number of aryl methyl sites for hydroxylation is 1. The number of benzene rings is 2. The Hall–Kier alpha value is -3.80. The first-order valence-corrected chi connectivity index (χ1v) is 11.6. The number of hydrogen-bond donors (Lipinski definition) is 0. The first-order valence-electron chi connectivity index (χ1n) is 11.6. The van der Waals surface area contributed by atoms with E-state index in [1.807, 2.05) is 41.1 Å². The van der Waals surface area contributed by atoms with Gasteiger partial charge in [0.25, 0.3) is 0 Å². The molecule has 172 valence electrons. The Labute approximate surface area is 198 Å². The molecule has 2 aromatic heterocycles. The quantitative estimate of drug-likeness (QED) is 0.350. The van der Waals surface area contributed by atoms with Gasteiger partial charge < -0.3 is 9.30 Å². The molecule has 4 aromatic rings. The van der Waals surface area contributed by atoms with Gasteiger partial charge in [0.15, 0.2) is 5.78 Å². The summed E-state index contributed by atoms with van der Waals surface area (Å²) in [5.41, 5.74) is 4.84. The van der Waals surface area contributed by atoms with Crippen LogP contribution in [0.25, 0.3) is 0 Å². The third-order valence-corrected chi connectivity index (χ3v) is 6.32. The molecule has 0 saturated heterocycles. The Kier molecular flexibility index (Phi) is 6.47. The van der Waals surface area contributed by atoms with Crippen LogP contribution in [0.3, 0.4) is 0 Å². The largest absolute Gasteiger partial charge is 0.484 e. The first kappa shape index (κ1) is 22.0. The highest BCUT2D eigenvalue weighted by atomic mass is 19.1. The second-order valence-electron chi connectivity index (χ2n) is 8.58. The SMILES string of the molecule is O=C1CCCc2c1ccc(OC(Cn1ccnc1)c1ccc(F)cc1)c2CCc1ccccn1. The predicted octanol–water partition coefficient (Wildman–Crippen LogP) is 5.54. The van der Waals surface area contributed by atoms with Crippen LogP contribution in [0.2, 0.25) is 0 Å². The first-order chi connectivity index (χ1) is 16.7. The number of hydrogen-bond acceptors (Lipinski definition) is 4. The third-order valence-electron chi connectivity index (χ3n) is 6.32. The van der Waals surface area contributed by atoms with Gasteiger partial charge in [0.05, 0.1) is 12.9 Å². The highest BCUT2D eigenvalue weighted by Gasteiger charge is 2.24. The lowest BCUT2D eigenvalue weighted by Crippen LogP contribution is -2.18. The Bertz CT molecular complexity index is 1260. The monoisotopic (exact) mass is 455 g/mol. The van der Waals surface area contributed by atoms with Crippen LogP contribution in [-0.4, -0.2) is 20.3 Å². The Morgan fingerprint density at radius 2 is 1.88 bits per heavy atom. The molecule has 0 fully saturated rings. The molecule has 0 spiro atoms. The number of fused-ring (bicyclic) bond motifs is 1. The maximum absolute atomic E-state index is 13.6. The normalized spacial score (nSPS) is 14.0. The highest BCUT2D eigenvalue weighted by Crippen LogP contribution is 2.35. The molecular weight excluding hydrogens is 429 g/mol. The molecule has 1 atom stereocenters. The maximum Gasteiger partial charge on any atom is 0.163 e. The van der Waals surface area contributed by atoms with E-state index in [0.717, 1.165) is 59.4 Å². The fourth-order valence-electron chi connectivity index (χ4n) is 4.59. The van der Waals surface area contributed by atoms with Crippen molar-refractivity contribution < 1.29 is 13.9 Å². The number of ketones is 1. The minimum Gasteiger partial charge on any atom is -0.484 e. The molecule has 1 unspecified atom stereocenters. The second-order valence-corrected chi connectivity index (χ2v) is 8.58. The number of carbonyl (C=O) groups excluding carboxylic acids is 1. The molecule has 0 radical (unpaired) electrons. The molecule has 0 N–H and O–H groups in total. The zero-order chi connectivity index (χ0) is 23.3. The molecule has 6 heteroatoms. The molecular formula is C28H26FN3O2. The lowest BCUT2D eigenvalue weighted by molar-refractivity contribution is 0.0972. The maximum atomic E-state index is 13.6. The van der Waals surface area contributed by atoms with Gasteiger partial charge in [-0.25, -0.2) is 9.37 Å². The number of halogens is 1. The van der Waals surface area contributed by atoms with Crippen molar-refractivity contribution in [3.63, 3.8) is 0 Å². The number of Topliss-reactive ketones (excluding diaryl/α,β-unsaturated/α-hetero) is 1. The fourth-order valence-corrected chi connectivity index (χ4v) is 4.59. The van der Waals surface area contributed by atoms with E-state index in [2.05, 4.69) is 9.97 Å². The number of carbonyl (C=O) groups is 1. The van der Waals surface area contributed by atoms with E-state index in [4.69, 9.17) is 4.74 Å². The fraction of sp³-hybridized carbons (Fsp3) is 0.250. The lowest BCUT2D eigenvalue weighted by Gasteiger charge is -2.26. The average molecular weight is 456 g/mol. The minimum absolute atomic E-state index is 0.195. The third kappa shape index (κ3) is 4.91. The smallest absolute Gasteiger partial charge is 0.163 e. The molecule has 1 aliphatic carbocycles. The molecule has 34 heavy (non-hydrogen) atoms. The molecule has 5 nitrogen and oxygen atoms in total. The van der Waals surface area contributed by atoms with Gasteiger partial charge in [-0.2, -0.15) is 0 Å². The Balaban J connectivity index is 1.51. The lowest BCUT2D eigenvalue weighted by atomic mass is 9.85. The van der Waals surface area contributed by atoms with Crippen molar-refractivity contribution in [3.05, 3.63) is 113 Å². The number of nitrogens with zero attached hydrogens (tertiary/aromatic N) is 3. The van der Waals surface area contributed by atoms with E-state index < -0.39 is 0 Å². The summed E-state index contributed by atoms with van der Waals surface area (Å²) in [6.07, 6.45) is 10.6. The van der Waals surface area contributed by atoms with E-state index in [9.17, 15) is 9.18 Å². The van der Waals surface area contributed by atoms with Crippen molar-refractivity contribution >= 4 is 5.78 Å². The Morgan fingerprint density at radius 1 is 1.00 bits per heavy atom. The van der Waals surface area contributed by atoms with Gasteiger partial charge >= 0.3 is 0 Å². The van der Waals surface area contributed by atoms with Gasteiger partial charge in [0.2, 0.25) is 0 Å². The molecule has 2 heterocycles. The average Bonchev–Trinajstić information content (AvgIpc) is 3.37. The van der Waals surface area contributed by atoms with Crippen LogP contribution in [0.1, 0.15) is 51.7 Å². The van der Waals surface area contributed by atoms with Crippen LogP contribution in [0.15, 0.2) is 79.5 Å². The van der Waals surface area contributed by atoms with Crippen LogP contribution in [0.5, 0.6) is 5.75 Å². The van der Waals surface area contributed by atoms with Crippen LogP contribution in [-0.2, 0) is 25.8 Å². The minimum atomic E-state index is -0.347. The molecule has 0 saturated carbocycles. The Morgan fingerprint density at radius 3 is 2.65 bits per heavy atom. The molecule has 0 aliphatic heterocycles. The highest BCUT2D eigenvalue weighted by molar-refractivity contribution is 5.99. The van der Waals surface area contributed by atoms with Gasteiger partial charge in [-0.1, -0.05) is 18.2 Å². The zero-order valence-corrected chi connectivity index (χ0v) is 18.9. The molecule has 1 aliphatic rings. The van der Waals surface area contributed by atoms with Crippen LogP contribution in [0.4, 0.5) is 4.39 Å². The number of aromatic nitrogens is 3. The summed E-state index contributed by atoms with van der Waals surface area (Å²) in [6, 6.07) is 16.1. The molecule has 0 bridgehead atoms. The molecule has 5 rings (SSSR count). The van der Waals surface area contributed by atoms with Crippen LogP contribution >= 0.6 is 0 Å². The van der Waals surface area contributed by atoms with Crippen molar-refractivity contribution in [2.75, 3.05) is 0 Å². The summed E-state index contributed by atoms with van der Waals surface area (Å²) in [6.45, 7) is 0.529. The van der Waals surface area contributed by atoms with Crippen molar-refractivity contribution in [1.29, 1.82) is 0 Å². The van der Waals surface area contributed by atoms with Gasteiger partial charge in [-0.3, -0.25) is 9.78 Å². The van der Waals surface area contributed by atoms with E-state index in [-0.39, 0.29) is 17.7 Å². The number of rotatable bonds is 8. The number of pyridine rings is 1. The van der Waals surface area contributed by atoms with Crippen molar-refractivity contribution in [3.8, 4) is 5.75 Å². The second kappa shape index (κ2) is 10.00. The summed E-state index contributed by atoms with van der Waals surface area (Å²) in [5, 5.41) is 0. The van der Waals surface area contributed by atoms with E-state index in [1.54, 1.807) is 30.9 Å². The topological polar surface area (TPSA) is 57.0 Å². The van der Waals surface area contributed by atoms with Crippen molar-refractivity contribution in [1.82, 2.24) is 14.5 Å². The zero-order valence-electron chi connectivity index (χ0n) is 18.9. The summed E-state index contributed by atoms with van der Waals surface area (Å²) >= 11 is 0. The number of ether oxygens (including phenoxy) is 1. The standard InChI is InChI=1S/C28H26FN3O2/c29-21-9-7-20(8-10-21)28(18-32-17-16-30-19-32)34-27-14-13-24-23(5-3-6-26(24)33)25(27)12-11-22-4-1-2-15-31-22/h1-2,4,7-10,13-17,19,28H,3,5-6,11-12,18H2.